The van der Waals surface area contributed by atoms with Crippen molar-refractivity contribution in [1.82, 2.24) is 0 Å². The fourth-order valence-corrected chi connectivity index (χ4v) is 10.4. The largest absolute Gasteiger partial charge is 0.477 e. The maximum Gasteiger partial charge on any atom is 0.361 e. The average Bonchev–Trinajstić information content (AvgIpc) is 3.45. The standard InChI is InChI=1S/C73H135NO8/c1-6-8-10-12-14-16-18-20-22-24-25-26-27-28-29-30-31-32-33-34-35-36-37-38-39-40-41-42-43-44-45-46-47-48-50-52-54-56-58-60-62-64-71(76)82-69(68-81-73(72(77)78)79-66-65-74(3,4)5)67-80-70(75)63-61-59-57-55-53-51-49-23-21-19-17-15-13-11-9-7-2/h17-20,23-25,49,69,73H,6-16,21-22,26-48,50-68H2,1-5H3/p+1/b19-17-,20-18-,25-24-,49-23-. The van der Waals surface area contributed by atoms with Gasteiger partial charge < -0.3 is 28.5 Å². The molecule has 480 valence electrons. The number of allylic oxidation sites excluding steroid dienone is 8. The number of ether oxygens (including phenoxy) is 4. The van der Waals surface area contributed by atoms with Crippen LogP contribution in [0.15, 0.2) is 48.6 Å². The summed E-state index contributed by atoms with van der Waals surface area (Å²) < 4.78 is 22.9. The molecule has 9 heteroatoms. The minimum absolute atomic E-state index is 0.186. The average molecular weight is 1160 g/mol. The van der Waals surface area contributed by atoms with Crippen LogP contribution in [-0.4, -0.2) is 87.4 Å². The number of aliphatic carboxylic acids is 1. The first-order valence-corrected chi connectivity index (χ1v) is 35.3. The van der Waals surface area contributed by atoms with Gasteiger partial charge in [0.2, 0.25) is 0 Å². The first kappa shape index (κ1) is 79.2. The van der Waals surface area contributed by atoms with Gasteiger partial charge in [-0.1, -0.05) is 300 Å². The number of quaternary nitrogens is 1. The number of rotatable bonds is 66. The molecule has 0 fully saturated rings. The molecule has 2 unspecified atom stereocenters. The van der Waals surface area contributed by atoms with E-state index in [0.717, 1.165) is 70.6 Å². The molecule has 0 aromatic rings. The van der Waals surface area contributed by atoms with Crippen LogP contribution in [0.25, 0.3) is 0 Å². The summed E-state index contributed by atoms with van der Waals surface area (Å²) in [6.07, 6.45) is 79.7. The molecular weight excluding hydrogens is 1020 g/mol. The van der Waals surface area contributed by atoms with Gasteiger partial charge in [-0.3, -0.25) is 9.59 Å². The number of carboxylic acid groups (broad SMARTS) is 1. The Balaban J connectivity index is 3.92. The van der Waals surface area contributed by atoms with Gasteiger partial charge in [-0.25, -0.2) is 4.79 Å². The van der Waals surface area contributed by atoms with Gasteiger partial charge in [-0.15, -0.1) is 0 Å². The Hall–Kier alpha value is -2.75. The zero-order valence-corrected chi connectivity index (χ0v) is 54.9. The molecule has 0 saturated heterocycles. The van der Waals surface area contributed by atoms with E-state index in [4.69, 9.17) is 18.9 Å². The summed E-state index contributed by atoms with van der Waals surface area (Å²) in [6, 6.07) is 0. The summed E-state index contributed by atoms with van der Waals surface area (Å²) in [5, 5.41) is 9.72. The molecule has 0 amide bonds. The Bertz CT molecular complexity index is 1480. The smallest absolute Gasteiger partial charge is 0.361 e. The van der Waals surface area contributed by atoms with Gasteiger partial charge in [0.1, 0.15) is 13.2 Å². The maximum atomic E-state index is 12.9. The molecule has 0 saturated carbocycles. The number of unbranched alkanes of at least 4 members (excludes halogenated alkanes) is 43. The van der Waals surface area contributed by atoms with Gasteiger partial charge in [-0.05, 0) is 77.0 Å². The van der Waals surface area contributed by atoms with E-state index in [0.29, 0.717) is 11.0 Å². The van der Waals surface area contributed by atoms with Crippen molar-refractivity contribution in [1.29, 1.82) is 0 Å². The van der Waals surface area contributed by atoms with Crippen molar-refractivity contribution in [3.05, 3.63) is 48.6 Å². The van der Waals surface area contributed by atoms with Crippen LogP contribution in [0.1, 0.15) is 341 Å². The van der Waals surface area contributed by atoms with Crippen LogP contribution in [0.3, 0.4) is 0 Å². The van der Waals surface area contributed by atoms with E-state index >= 15 is 0 Å². The van der Waals surface area contributed by atoms with Crippen LogP contribution in [-0.2, 0) is 33.3 Å². The lowest BCUT2D eigenvalue weighted by molar-refractivity contribution is -0.870. The van der Waals surface area contributed by atoms with Crippen molar-refractivity contribution in [3.63, 3.8) is 0 Å². The molecule has 0 aromatic carbocycles. The van der Waals surface area contributed by atoms with Crippen LogP contribution in [0.2, 0.25) is 0 Å². The lowest BCUT2D eigenvalue weighted by Gasteiger charge is -2.25. The Morgan fingerprint density at radius 3 is 0.976 bits per heavy atom. The second-order valence-electron chi connectivity index (χ2n) is 25.2. The van der Waals surface area contributed by atoms with Crippen molar-refractivity contribution < 1.29 is 42.9 Å². The predicted molar refractivity (Wildman–Crippen MR) is 350 cm³/mol. The molecule has 0 radical (unpaired) electrons. The normalized spacial score (nSPS) is 12.9. The number of hydrogen-bond acceptors (Lipinski definition) is 7. The van der Waals surface area contributed by atoms with Crippen molar-refractivity contribution in [3.8, 4) is 0 Å². The Kier molecular flexibility index (Phi) is 62.1. The lowest BCUT2D eigenvalue weighted by Crippen LogP contribution is -2.40. The molecule has 0 bridgehead atoms. The van der Waals surface area contributed by atoms with E-state index in [1.165, 1.54) is 244 Å². The Morgan fingerprint density at radius 2 is 0.659 bits per heavy atom. The number of nitrogens with zero attached hydrogens (tertiary/aromatic N) is 1. The highest BCUT2D eigenvalue weighted by Crippen LogP contribution is 2.18. The maximum absolute atomic E-state index is 12.9. The first-order chi connectivity index (χ1) is 40.1. The van der Waals surface area contributed by atoms with E-state index in [1.807, 2.05) is 21.1 Å². The molecule has 9 nitrogen and oxygen atoms in total. The van der Waals surface area contributed by atoms with Crippen molar-refractivity contribution in [2.24, 2.45) is 0 Å². The van der Waals surface area contributed by atoms with E-state index < -0.39 is 24.3 Å². The van der Waals surface area contributed by atoms with Crippen molar-refractivity contribution in [2.45, 2.75) is 354 Å². The predicted octanol–water partition coefficient (Wildman–Crippen LogP) is 21.8. The third kappa shape index (κ3) is 64.8. The quantitative estimate of drug-likeness (QED) is 0.0211. The summed E-state index contributed by atoms with van der Waals surface area (Å²) in [4.78, 5) is 37.5. The van der Waals surface area contributed by atoms with Crippen LogP contribution in [0.5, 0.6) is 0 Å². The first-order valence-electron chi connectivity index (χ1n) is 35.3. The Labute approximate surface area is 508 Å². The topological polar surface area (TPSA) is 108 Å². The third-order valence-corrected chi connectivity index (χ3v) is 15.8. The number of likely N-dealkylation sites (N-methyl/N-ethyl adjacent to an activating group) is 1. The minimum Gasteiger partial charge on any atom is -0.477 e. The highest BCUT2D eigenvalue weighted by atomic mass is 16.7. The monoisotopic (exact) mass is 1160 g/mol. The second-order valence-corrected chi connectivity index (χ2v) is 25.2. The number of esters is 2. The summed E-state index contributed by atoms with van der Waals surface area (Å²) in [5.41, 5.74) is 0. The summed E-state index contributed by atoms with van der Waals surface area (Å²) in [5.74, 6) is -2.00. The third-order valence-electron chi connectivity index (χ3n) is 15.8. The molecule has 0 aromatic heterocycles. The number of carbonyl (C=O) groups is 3. The van der Waals surface area contributed by atoms with E-state index in [-0.39, 0.29) is 38.6 Å². The van der Waals surface area contributed by atoms with Crippen LogP contribution in [0.4, 0.5) is 0 Å². The highest BCUT2D eigenvalue weighted by Gasteiger charge is 2.25. The van der Waals surface area contributed by atoms with Gasteiger partial charge in [0.05, 0.1) is 34.4 Å². The van der Waals surface area contributed by atoms with Crippen LogP contribution >= 0.6 is 0 Å². The lowest BCUT2D eigenvalue weighted by atomic mass is 10.0. The zero-order chi connectivity index (χ0) is 59.8. The fourth-order valence-electron chi connectivity index (χ4n) is 10.4. The molecule has 0 rings (SSSR count). The molecule has 0 heterocycles. The van der Waals surface area contributed by atoms with E-state index in [9.17, 15) is 19.5 Å². The highest BCUT2D eigenvalue weighted by molar-refractivity contribution is 5.71. The van der Waals surface area contributed by atoms with E-state index in [2.05, 4.69) is 62.5 Å². The molecule has 0 spiro atoms. The molecule has 2 atom stereocenters. The number of carboxylic acids is 1. The van der Waals surface area contributed by atoms with Gasteiger partial charge in [-0.2, -0.15) is 0 Å². The van der Waals surface area contributed by atoms with Crippen molar-refractivity contribution >= 4 is 17.9 Å². The minimum atomic E-state index is -1.51. The van der Waals surface area contributed by atoms with Gasteiger partial charge in [0.25, 0.3) is 6.29 Å². The molecule has 0 aliphatic carbocycles. The Morgan fingerprint density at radius 1 is 0.366 bits per heavy atom. The summed E-state index contributed by atoms with van der Waals surface area (Å²) in [6.45, 7) is 4.87. The molecular formula is C73H136NO8+. The summed E-state index contributed by atoms with van der Waals surface area (Å²) >= 11 is 0. The molecule has 0 aliphatic heterocycles. The molecule has 0 aliphatic rings. The zero-order valence-electron chi connectivity index (χ0n) is 54.9. The van der Waals surface area contributed by atoms with Crippen molar-refractivity contribution in [2.75, 3.05) is 47.5 Å². The number of hydrogen-bond donors (Lipinski definition) is 1. The van der Waals surface area contributed by atoms with Crippen LogP contribution in [0, 0.1) is 0 Å². The number of carbonyl (C=O) groups excluding carboxylic acids is 2. The molecule has 1 N–H and O–H groups in total. The van der Waals surface area contributed by atoms with Gasteiger partial charge in [0, 0.05) is 12.8 Å². The molecule has 82 heavy (non-hydrogen) atoms. The second kappa shape index (κ2) is 64.3. The van der Waals surface area contributed by atoms with Gasteiger partial charge in [0.15, 0.2) is 6.10 Å². The van der Waals surface area contributed by atoms with E-state index in [1.54, 1.807) is 0 Å². The summed E-state index contributed by atoms with van der Waals surface area (Å²) in [7, 11) is 5.98. The van der Waals surface area contributed by atoms with Crippen LogP contribution < -0.4 is 0 Å². The van der Waals surface area contributed by atoms with Gasteiger partial charge >= 0.3 is 17.9 Å². The fraction of sp³-hybridized carbons (Fsp3) is 0.849. The SMILES string of the molecule is CCCCCC/C=C\C/C=C\CCCCCCCC(=O)OCC(COC(OCC[N+](C)(C)C)C(=O)O)OC(=O)CCCCCCCCCCCCCCCCCCCCCCCCCCCCCCC/C=C\C/C=C\CCCCCCC.